The zero-order chi connectivity index (χ0) is 22.7. The fourth-order valence-electron chi connectivity index (χ4n) is 3.59. The second kappa shape index (κ2) is 12.6. The molecule has 0 heterocycles. The van der Waals surface area contributed by atoms with Gasteiger partial charge >= 0.3 is 11.9 Å². The molecule has 0 spiro atoms. The van der Waals surface area contributed by atoms with Crippen molar-refractivity contribution in [3.05, 3.63) is 29.3 Å². The van der Waals surface area contributed by atoms with Crippen molar-refractivity contribution in [1.29, 1.82) is 0 Å². The van der Waals surface area contributed by atoms with Crippen LogP contribution in [-0.4, -0.2) is 30.3 Å². The zero-order valence-electron chi connectivity index (χ0n) is 19.6. The van der Waals surface area contributed by atoms with Gasteiger partial charge in [0.2, 0.25) is 0 Å². The van der Waals surface area contributed by atoms with E-state index in [1.165, 1.54) is 5.56 Å². The SMILES string of the molecule is CCOC(=O)COc1cc(CCCCCCC(C(=O)O)C(C)C)ccc1C(C)(C)C. The lowest BCUT2D eigenvalue weighted by atomic mass is 9.85. The second-order valence-corrected chi connectivity index (χ2v) is 9.32. The highest BCUT2D eigenvalue weighted by Crippen LogP contribution is 2.32. The number of esters is 1. The number of unbranched alkanes of at least 4 members (excludes halogenated alkanes) is 3. The number of ether oxygens (including phenoxy) is 2. The molecule has 1 atom stereocenters. The highest BCUT2D eigenvalue weighted by molar-refractivity contribution is 5.71. The topological polar surface area (TPSA) is 72.8 Å². The first-order chi connectivity index (χ1) is 14.1. The van der Waals surface area contributed by atoms with E-state index in [4.69, 9.17) is 9.47 Å². The third-order valence-electron chi connectivity index (χ3n) is 5.36. The van der Waals surface area contributed by atoms with Crippen molar-refractivity contribution in [3.63, 3.8) is 0 Å². The zero-order valence-corrected chi connectivity index (χ0v) is 19.6. The number of aliphatic carboxylic acids is 1. The predicted molar refractivity (Wildman–Crippen MR) is 120 cm³/mol. The van der Waals surface area contributed by atoms with Crippen LogP contribution in [0.5, 0.6) is 5.75 Å². The van der Waals surface area contributed by atoms with Crippen LogP contribution in [0.1, 0.15) is 84.8 Å². The maximum atomic E-state index is 11.7. The molecule has 0 amide bonds. The van der Waals surface area contributed by atoms with Gasteiger partial charge in [-0.15, -0.1) is 0 Å². The Balaban J connectivity index is 2.58. The van der Waals surface area contributed by atoms with Gasteiger partial charge < -0.3 is 14.6 Å². The molecular weight excluding hydrogens is 380 g/mol. The van der Waals surface area contributed by atoms with E-state index < -0.39 is 5.97 Å². The number of benzene rings is 1. The van der Waals surface area contributed by atoms with Gasteiger partial charge in [0.1, 0.15) is 5.75 Å². The molecule has 0 radical (unpaired) electrons. The average molecular weight is 421 g/mol. The third kappa shape index (κ3) is 9.19. The summed E-state index contributed by atoms with van der Waals surface area (Å²) in [6.07, 6.45) is 5.80. The van der Waals surface area contributed by atoms with Crippen molar-refractivity contribution in [2.45, 2.75) is 85.5 Å². The highest BCUT2D eigenvalue weighted by atomic mass is 16.6. The molecule has 1 rings (SSSR count). The highest BCUT2D eigenvalue weighted by Gasteiger charge is 2.21. The summed E-state index contributed by atoms with van der Waals surface area (Å²) in [6, 6.07) is 6.27. The van der Waals surface area contributed by atoms with Gasteiger partial charge in [0.25, 0.3) is 0 Å². The van der Waals surface area contributed by atoms with E-state index in [0.29, 0.717) is 6.61 Å². The van der Waals surface area contributed by atoms with Crippen LogP contribution in [0.4, 0.5) is 0 Å². The van der Waals surface area contributed by atoms with Gasteiger partial charge in [0.05, 0.1) is 12.5 Å². The normalized spacial score (nSPS) is 12.6. The Morgan fingerprint density at radius 1 is 1.07 bits per heavy atom. The molecule has 1 N–H and O–H groups in total. The first kappa shape index (κ1) is 26.0. The van der Waals surface area contributed by atoms with Gasteiger partial charge in [-0.3, -0.25) is 4.79 Å². The minimum absolute atomic E-state index is 0.0824. The van der Waals surface area contributed by atoms with Crippen LogP contribution in [0.25, 0.3) is 0 Å². The van der Waals surface area contributed by atoms with Gasteiger partial charge in [-0.05, 0) is 54.7 Å². The number of carbonyl (C=O) groups is 2. The van der Waals surface area contributed by atoms with E-state index in [1.54, 1.807) is 6.92 Å². The Labute approximate surface area is 182 Å². The number of rotatable bonds is 13. The minimum atomic E-state index is -0.681. The summed E-state index contributed by atoms with van der Waals surface area (Å²) in [4.78, 5) is 22.9. The van der Waals surface area contributed by atoms with Crippen molar-refractivity contribution in [2.24, 2.45) is 11.8 Å². The minimum Gasteiger partial charge on any atom is -0.482 e. The standard InChI is InChI=1S/C25H40O5/c1-7-29-23(26)17-30-22-16-19(14-15-21(22)25(4,5)6)12-10-8-9-11-13-20(18(2)3)24(27)28/h14-16,18,20H,7-13,17H2,1-6H3,(H,27,28). The van der Waals surface area contributed by atoms with E-state index in [9.17, 15) is 14.7 Å². The van der Waals surface area contributed by atoms with Gasteiger partial charge in [0.15, 0.2) is 6.61 Å². The van der Waals surface area contributed by atoms with Crippen molar-refractivity contribution >= 4 is 11.9 Å². The van der Waals surface area contributed by atoms with Crippen molar-refractivity contribution in [3.8, 4) is 5.75 Å². The van der Waals surface area contributed by atoms with Crippen LogP contribution in [0.3, 0.4) is 0 Å². The van der Waals surface area contributed by atoms with Crippen LogP contribution < -0.4 is 4.74 Å². The first-order valence-electron chi connectivity index (χ1n) is 11.2. The predicted octanol–water partition coefficient (Wildman–Crippen LogP) is 5.78. The summed E-state index contributed by atoms with van der Waals surface area (Å²) in [5.74, 6) is -0.358. The second-order valence-electron chi connectivity index (χ2n) is 9.32. The van der Waals surface area contributed by atoms with Gasteiger partial charge in [-0.25, -0.2) is 4.79 Å². The summed E-state index contributed by atoms with van der Waals surface area (Å²) in [7, 11) is 0. The number of hydrogen-bond donors (Lipinski definition) is 1. The molecule has 5 heteroatoms. The molecule has 1 aromatic carbocycles. The maximum absolute atomic E-state index is 11.7. The summed E-state index contributed by atoms with van der Waals surface area (Å²) in [5.41, 5.74) is 2.18. The van der Waals surface area contributed by atoms with Crippen LogP contribution in [0.2, 0.25) is 0 Å². The van der Waals surface area contributed by atoms with Crippen LogP contribution in [-0.2, 0) is 26.2 Å². The Hall–Kier alpha value is -2.04. The Kier molecular flexibility index (Phi) is 10.9. The molecule has 30 heavy (non-hydrogen) atoms. The van der Waals surface area contributed by atoms with Gasteiger partial charge in [0, 0.05) is 0 Å². The molecule has 0 saturated carbocycles. The smallest absolute Gasteiger partial charge is 0.344 e. The number of carboxylic acids is 1. The quantitative estimate of drug-likeness (QED) is 0.324. The van der Waals surface area contributed by atoms with E-state index in [1.807, 2.05) is 19.9 Å². The summed E-state index contributed by atoms with van der Waals surface area (Å²) < 4.78 is 10.8. The molecule has 0 aromatic heterocycles. The number of carbonyl (C=O) groups excluding carboxylic acids is 1. The molecular formula is C25H40O5. The number of hydrogen-bond acceptors (Lipinski definition) is 4. The van der Waals surface area contributed by atoms with Crippen LogP contribution in [0, 0.1) is 11.8 Å². The molecule has 0 bridgehead atoms. The van der Waals surface area contributed by atoms with Gasteiger partial charge in [-0.1, -0.05) is 66.0 Å². The molecule has 0 aliphatic rings. The monoisotopic (exact) mass is 420 g/mol. The van der Waals surface area contributed by atoms with E-state index in [-0.39, 0.29) is 29.8 Å². The fourth-order valence-corrected chi connectivity index (χ4v) is 3.59. The fraction of sp³-hybridized carbons (Fsp3) is 0.680. The lowest BCUT2D eigenvalue weighted by molar-refractivity contribution is -0.145. The first-order valence-corrected chi connectivity index (χ1v) is 11.2. The lowest BCUT2D eigenvalue weighted by Crippen LogP contribution is -2.19. The number of carboxylic acid groups (broad SMARTS) is 1. The largest absolute Gasteiger partial charge is 0.482 e. The molecule has 0 fully saturated rings. The van der Waals surface area contributed by atoms with Crippen molar-refractivity contribution in [2.75, 3.05) is 13.2 Å². The summed E-state index contributed by atoms with van der Waals surface area (Å²) in [5, 5.41) is 9.27. The Bertz CT molecular complexity index is 673. The lowest BCUT2D eigenvalue weighted by Gasteiger charge is -2.23. The van der Waals surface area contributed by atoms with Crippen LogP contribution in [0.15, 0.2) is 18.2 Å². The molecule has 0 aliphatic heterocycles. The average Bonchev–Trinajstić information content (AvgIpc) is 2.64. The van der Waals surface area contributed by atoms with E-state index in [2.05, 4.69) is 32.9 Å². The summed E-state index contributed by atoms with van der Waals surface area (Å²) in [6.45, 7) is 12.4. The molecule has 0 aliphatic carbocycles. The Morgan fingerprint density at radius 3 is 2.30 bits per heavy atom. The van der Waals surface area contributed by atoms with Crippen LogP contribution >= 0.6 is 0 Å². The molecule has 0 saturated heterocycles. The molecule has 1 unspecified atom stereocenters. The number of aryl methyl sites for hydroxylation is 1. The summed E-state index contributed by atoms with van der Waals surface area (Å²) >= 11 is 0. The molecule has 1 aromatic rings. The van der Waals surface area contributed by atoms with Crippen molar-refractivity contribution < 1.29 is 24.2 Å². The Morgan fingerprint density at radius 2 is 1.73 bits per heavy atom. The van der Waals surface area contributed by atoms with E-state index in [0.717, 1.165) is 49.8 Å². The van der Waals surface area contributed by atoms with E-state index >= 15 is 0 Å². The molecule has 170 valence electrons. The molecule has 5 nitrogen and oxygen atoms in total. The maximum Gasteiger partial charge on any atom is 0.344 e. The third-order valence-corrected chi connectivity index (χ3v) is 5.36. The van der Waals surface area contributed by atoms with Crippen molar-refractivity contribution in [1.82, 2.24) is 0 Å². The van der Waals surface area contributed by atoms with Gasteiger partial charge in [-0.2, -0.15) is 0 Å².